The van der Waals surface area contributed by atoms with Crippen LogP contribution in [0.2, 0.25) is 0 Å². The summed E-state index contributed by atoms with van der Waals surface area (Å²) in [6.45, 7) is 0. The van der Waals surface area contributed by atoms with E-state index in [1.807, 2.05) is 0 Å². The molecule has 0 spiro atoms. The predicted octanol–water partition coefficient (Wildman–Crippen LogP) is 2.99. The van der Waals surface area contributed by atoms with E-state index in [2.05, 4.69) is 0 Å². The third kappa shape index (κ3) is 2.51. The number of fused-ring (bicyclic) bond motifs is 1. The maximum absolute atomic E-state index is 12.5. The minimum Gasteiger partial charge on any atom is -0.316 e. The molecule has 8 heteroatoms. The summed E-state index contributed by atoms with van der Waals surface area (Å²) in [5, 5.41) is 1.69. The lowest BCUT2D eigenvalue weighted by molar-refractivity contribution is -0.167. The second kappa shape index (κ2) is 5.48. The molecule has 3 amide bonds. The Morgan fingerprint density at radius 3 is 1.92 bits per heavy atom. The largest absolute Gasteiger partial charge is 0.471 e. The van der Waals surface area contributed by atoms with E-state index in [4.69, 9.17) is 0 Å². The summed E-state index contributed by atoms with van der Waals surface area (Å²) in [6.07, 6.45) is -5.09. The molecule has 1 heterocycles. The number of rotatable bonds is 2. The van der Waals surface area contributed by atoms with Gasteiger partial charge < -0.3 is 5.32 Å². The highest BCUT2D eigenvalue weighted by molar-refractivity contribution is 6.35. The molecule has 0 unspecified atom stereocenters. The van der Waals surface area contributed by atoms with Crippen molar-refractivity contribution in [2.24, 2.45) is 0 Å². The zero-order valence-electron chi connectivity index (χ0n) is 11.9. The molecule has 0 bridgehead atoms. The summed E-state index contributed by atoms with van der Waals surface area (Å²) in [5.41, 5.74) is -0.102. The van der Waals surface area contributed by atoms with Crippen molar-refractivity contribution in [3.63, 3.8) is 0 Å². The van der Waals surface area contributed by atoms with Crippen molar-refractivity contribution in [1.29, 1.82) is 0 Å². The van der Waals surface area contributed by atoms with E-state index in [0.717, 1.165) is 4.90 Å². The number of imide groups is 1. The van der Waals surface area contributed by atoms with Gasteiger partial charge in [0, 0.05) is 0 Å². The van der Waals surface area contributed by atoms with Crippen molar-refractivity contribution in [1.82, 2.24) is 0 Å². The van der Waals surface area contributed by atoms with Gasteiger partial charge in [-0.1, -0.05) is 24.3 Å². The van der Waals surface area contributed by atoms with E-state index < -0.39 is 23.9 Å². The van der Waals surface area contributed by atoms with Gasteiger partial charge >= 0.3 is 12.1 Å². The number of para-hydroxylation sites is 2. The first-order valence-corrected chi connectivity index (χ1v) is 6.75. The monoisotopic (exact) mass is 334 g/mol. The number of amides is 3. The van der Waals surface area contributed by atoms with Crippen LogP contribution in [0.4, 0.5) is 24.5 Å². The minimum atomic E-state index is -5.09. The van der Waals surface area contributed by atoms with Crippen molar-refractivity contribution in [2.75, 3.05) is 10.2 Å². The average Bonchev–Trinajstić information content (AvgIpc) is 2.79. The third-order valence-electron chi connectivity index (χ3n) is 3.44. The Morgan fingerprint density at radius 1 is 0.875 bits per heavy atom. The highest BCUT2D eigenvalue weighted by atomic mass is 19.4. The highest BCUT2D eigenvalue weighted by Gasteiger charge is 2.41. The first-order valence-electron chi connectivity index (χ1n) is 6.75. The summed E-state index contributed by atoms with van der Waals surface area (Å²) < 4.78 is 37.4. The van der Waals surface area contributed by atoms with E-state index in [9.17, 15) is 27.6 Å². The molecule has 0 saturated carbocycles. The molecule has 5 nitrogen and oxygen atoms in total. The van der Waals surface area contributed by atoms with Crippen LogP contribution >= 0.6 is 0 Å². The molecule has 0 saturated heterocycles. The van der Waals surface area contributed by atoms with Crippen molar-refractivity contribution in [3.8, 4) is 0 Å². The Kier molecular flexibility index (Phi) is 3.59. The van der Waals surface area contributed by atoms with E-state index in [1.54, 1.807) is 17.4 Å². The Balaban J connectivity index is 2.02. The molecule has 1 N–H and O–H groups in total. The minimum absolute atomic E-state index is 0.124. The normalized spacial score (nSPS) is 13.9. The number of carbonyl (C=O) groups excluding carboxylic acids is 3. The fraction of sp³-hybridized carbons (Fsp3) is 0.0625. The second-order valence-corrected chi connectivity index (χ2v) is 4.96. The van der Waals surface area contributed by atoms with Crippen LogP contribution in [0.15, 0.2) is 48.5 Å². The van der Waals surface area contributed by atoms with Gasteiger partial charge in [0.15, 0.2) is 0 Å². The molecule has 0 atom stereocenters. The van der Waals surface area contributed by atoms with Crippen molar-refractivity contribution >= 4 is 29.1 Å². The molecule has 0 aromatic heterocycles. The highest BCUT2D eigenvalue weighted by Crippen LogP contribution is 2.34. The summed E-state index contributed by atoms with van der Waals surface area (Å²) in [4.78, 5) is 36.7. The van der Waals surface area contributed by atoms with E-state index in [-0.39, 0.29) is 22.5 Å². The average molecular weight is 334 g/mol. The van der Waals surface area contributed by atoms with Crippen LogP contribution in [0.3, 0.4) is 0 Å². The molecular formula is C16H9F3N2O3. The van der Waals surface area contributed by atoms with E-state index >= 15 is 0 Å². The van der Waals surface area contributed by atoms with Crippen molar-refractivity contribution in [3.05, 3.63) is 59.7 Å². The molecule has 0 radical (unpaired) electrons. The lowest BCUT2D eigenvalue weighted by atomic mass is 10.1. The summed E-state index contributed by atoms with van der Waals surface area (Å²) in [5.74, 6) is -3.51. The number of benzene rings is 2. The van der Waals surface area contributed by atoms with Gasteiger partial charge in [-0.25, -0.2) is 4.90 Å². The standard InChI is InChI=1S/C16H9F3N2O3/c17-16(18,19)15(24)20-11-7-3-4-8-12(11)21-13(22)9-5-1-2-6-10(9)14(21)23/h1-8H,(H,20,24). The molecule has 0 aliphatic carbocycles. The van der Waals surface area contributed by atoms with Gasteiger partial charge in [-0.15, -0.1) is 0 Å². The Morgan fingerprint density at radius 2 is 1.38 bits per heavy atom. The van der Waals surface area contributed by atoms with Gasteiger partial charge in [0.05, 0.1) is 22.5 Å². The number of nitrogens with zero attached hydrogens (tertiary/aromatic N) is 1. The number of nitrogens with one attached hydrogen (secondary N) is 1. The number of anilines is 2. The summed E-state index contributed by atoms with van der Waals surface area (Å²) in [6, 6.07) is 11.3. The molecule has 2 aromatic rings. The van der Waals surface area contributed by atoms with Gasteiger partial charge in [-0.3, -0.25) is 14.4 Å². The van der Waals surface area contributed by atoms with Gasteiger partial charge in [0.25, 0.3) is 11.8 Å². The van der Waals surface area contributed by atoms with Crippen LogP contribution in [-0.2, 0) is 4.79 Å². The van der Waals surface area contributed by atoms with E-state index in [1.165, 1.54) is 36.4 Å². The SMILES string of the molecule is O=C1c2ccccc2C(=O)N1c1ccccc1NC(=O)C(F)(F)F. The van der Waals surface area contributed by atoms with Gasteiger partial charge in [0.2, 0.25) is 0 Å². The smallest absolute Gasteiger partial charge is 0.316 e. The number of hydrogen-bond donors (Lipinski definition) is 1. The molecule has 24 heavy (non-hydrogen) atoms. The molecule has 2 aromatic carbocycles. The number of carbonyl (C=O) groups is 3. The van der Waals surface area contributed by atoms with Crippen LogP contribution in [-0.4, -0.2) is 23.9 Å². The third-order valence-corrected chi connectivity index (χ3v) is 3.44. The van der Waals surface area contributed by atoms with Crippen LogP contribution in [0.5, 0.6) is 0 Å². The molecule has 122 valence electrons. The molecule has 3 rings (SSSR count). The van der Waals surface area contributed by atoms with Gasteiger partial charge in [-0.05, 0) is 24.3 Å². The van der Waals surface area contributed by atoms with Crippen LogP contribution in [0, 0.1) is 0 Å². The van der Waals surface area contributed by atoms with Crippen molar-refractivity contribution < 1.29 is 27.6 Å². The summed E-state index contributed by atoms with van der Waals surface area (Å²) in [7, 11) is 0. The van der Waals surface area contributed by atoms with Crippen LogP contribution < -0.4 is 10.2 Å². The number of hydrogen-bond acceptors (Lipinski definition) is 3. The van der Waals surface area contributed by atoms with Crippen molar-refractivity contribution in [2.45, 2.75) is 6.18 Å². The predicted molar refractivity (Wildman–Crippen MR) is 78.7 cm³/mol. The van der Waals surface area contributed by atoms with Crippen LogP contribution in [0.25, 0.3) is 0 Å². The fourth-order valence-corrected chi connectivity index (χ4v) is 2.38. The Bertz CT molecular complexity index is 827. The summed E-state index contributed by atoms with van der Waals surface area (Å²) >= 11 is 0. The Hall–Kier alpha value is -3.16. The van der Waals surface area contributed by atoms with E-state index in [0.29, 0.717) is 0 Å². The topological polar surface area (TPSA) is 66.5 Å². The lowest BCUT2D eigenvalue weighted by Gasteiger charge is -2.18. The molecule has 0 fully saturated rings. The zero-order valence-corrected chi connectivity index (χ0v) is 11.9. The van der Waals surface area contributed by atoms with Gasteiger partial charge in [0.1, 0.15) is 0 Å². The second-order valence-electron chi connectivity index (χ2n) is 4.96. The zero-order chi connectivity index (χ0) is 17.5. The molecule has 1 aliphatic heterocycles. The van der Waals surface area contributed by atoms with Gasteiger partial charge in [-0.2, -0.15) is 13.2 Å². The molecule has 1 aliphatic rings. The lowest BCUT2D eigenvalue weighted by Crippen LogP contribution is -2.33. The Labute approximate surface area is 133 Å². The number of halogens is 3. The first kappa shape index (κ1) is 15.7. The maximum Gasteiger partial charge on any atom is 0.471 e. The fourth-order valence-electron chi connectivity index (χ4n) is 2.38. The molecular weight excluding hydrogens is 325 g/mol. The van der Waals surface area contributed by atoms with Crippen LogP contribution in [0.1, 0.15) is 20.7 Å². The quantitative estimate of drug-likeness (QED) is 0.859. The number of alkyl halides is 3. The maximum atomic E-state index is 12.5. The first-order chi connectivity index (χ1) is 11.3.